The lowest BCUT2D eigenvalue weighted by Gasteiger charge is -2.28. The average Bonchev–Trinajstić information content (AvgIpc) is 2.84. The summed E-state index contributed by atoms with van der Waals surface area (Å²) in [6, 6.07) is 5.40. The zero-order chi connectivity index (χ0) is 13.9. The molecule has 2 nitrogen and oxygen atoms in total. The molecule has 0 spiro atoms. The van der Waals surface area contributed by atoms with Gasteiger partial charge in [0.2, 0.25) is 0 Å². The minimum absolute atomic E-state index is 0.0873. The molecule has 0 saturated carbocycles. The van der Waals surface area contributed by atoms with Gasteiger partial charge >= 0.3 is 0 Å². The summed E-state index contributed by atoms with van der Waals surface area (Å²) in [6.45, 7) is 7.18. The molecule has 0 atom stereocenters. The van der Waals surface area contributed by atoms with Crippen molar-refractivity contribution in [1.82, 2.24) is 5.32 Å². The first kappa shape index (κ1) is 14.3. The fourth-order valence-corrected chi connectivity index (χ4v) is 3.20. The Labute approximate surface area is 116 Å². The maximum absolute atomic E-state index is 14.2. The Hall–Kier alpha value is -1.09. The van der Waals surface area contributed by atoms with Crippen LogP contribution in [0.2, 0.25) is 0 Å². The number of anilines is 1. The summed E-state index contributed by atoms with van der Waals surface area (Å²) in [7, 11) is 1.90. The van der Waals surface area contributed by atoms with Crippen molar-refractivity contribution in [2.24, 2.45) is 5.41 Å². The van der Waals surface area contributed by atoms with Gasteiger partial charge in [-0.05, 0) is 43.4 Å². The molecule has 1 aromatic carbocycles. The van der Waals surface area contributed by atoms with Gasteiger partial charge in [0, 0.05) is 19.6 Å². The Morgan fingerprint density at radius 2 is 2.05 bits per heavy atom. The summed E-state index contributed by atoms with van der Waals surface area (Å²) < 4.78 is 14.2. The zero-order valence-electron chi connectivity index (χ0n) is 12.3. The normalized spacial score (nSPS) is 18.0. The van der Waals surface area contributed by atoms with Crippen LogP contribution in [0.15, 0.2) is 18.2 Å². The molecule has 1 saturated heterocycles. The van der Waals surface area contributed by atoms with Crippen LogP contribution in [0.3, 0.4) is 0 Å². The minimum atomic E-state index is -0.0873. The van der Waals surface area contributed by atoms with E-state index in [-0.39, 0.29) is 5.82 Å². The summed E-state index contributed by atoms with van der Waals surface area (Å²) in [5, 5.41) is 3.13. The first-order chi connectivity index (χ1) is 9.15. The Morgan fingerprint density at radius 1 is 1.32 bits per heavy atom. The van der Waals surface area contributed by atoms with E-state index in [4.69, 9.17) is 0 Å². The van der Waals surface area contributed by atoms with Gasteiger partial charge in [-0.25, -0.2) is 4.39 Å². The van der Waals surface area contributed by atoms with Crippen molar-refractivity contribution in [2.45, 2.75) is 39.7 Å². The quantitative estimate of drug-likeness (QED) is 0.874. The van der Waals surface area contributed by atoms with Crippen molar-refractivity contribution in [3.63, 3.8) is 0 Å². The third-order valence-corrected chi connectivity index (χ3v) is 4.69. The highest BCUT2D eigenvalue weighted by molar-refractivity contribution is 5.56. The van der Waals surface area contributed by atoms with Crippen LogP contribution in [0.4, 0.5) is 10.1 Å². The van der Waals surface area contributed by atoms with Crippen LogP contribution in [-0.4, -0.2) is 20.1 Å². The second-order valence-corrected chi connectivity index (χ2v) is 5.66. The Balaban J connectivity index is 2.28. The van der Waals surface area contributed by atoms with Crippen LogP contribution < -0.4 is 10.2 Å². The summed E-state index contributed by atoms with van der Waals surface area (Å²) in [5.41, 5.74) is 2.24. The molecule has 19 heavy (non-hydrogen) atoms. The molecule has 1 aromatic rings. The van der Waals surface area contributed by atoms with E-state index in [1.54, 1.807) is 12.1 Å². The SMILES string of the molecule is CCC1(CC)CCN(c2c(F)cccc2CNC)C1. The van der Waals surface area contributed by atoms with Crippen molar-refractivity contribution < 1.29 is 4.39 Å². The van der Waals surface area contributed by atoms with E-state index in [0.717, 1.165) is 30.9 Å². The van der Waals surface area contributed by atoms with Crippen LogP contribution in [0.1, 0.15) is 38.7 Å². The van der Waals surface area contributed by atoms with Gasteiger partial charge in [0.15, 0.2) is 0 Å². The molecule has 1 aliphatic heterocycles. The zero-order valence-corrected chi connectivity index (χ0v) is 12.3. The molecule has 1 fully saturated rings. The third-order valence-electron chi connectivity index (χ3n) is 4.69. The molecule has 1 N–H and O–H groups in total. The molecule has 0 amide bonds. The van der Waals surface area contributed by atoms with Crippen molar-refractivity contribution in [3.05, 3.63) is 29.6 Å². The predicted molar refractivity (Wildman–Crippen MR) is 79.0 cm³/mol. The van der Waals surface area contributed by atoms with Crippen LogP contribution >= 0.6 is 0 Å². The maximum Gasteiger partial charge on any atom is 0.146 e. The monoisotopic (exact) mass is 264 g/mol. The standard InChI is InChI=1S/C16H25FN2/c1-4-16(5-2)9-10-19(12-16)15-13(11-18-3)7-6-8-14(15)17/h6-8,18H,4-5,9-12H2,1-3H3. The minimum Gasteiger partial charge on any atom is -0.368 e. The molecule has 3 heteroatoms. The van der Waals surface area contributed by atoms with Gasteiger partial charge in [-0.1, -0.05) is 26.0 Å². The van der Waals surface area contributed by atoms with Gasteiger partial charge in [-0.15, -0.1) is 0 Å². The number of para-hydroxylation sites is 1. The topological polar surface area (TPSA) is 15.3 Å². The number of benzene rings is 1. The van der Waals surface area contributed by atoms with Crippen LogP contribution in [0, 0.1) is 11.2 Å². The molecule has 0 unspecified atom stereocenters. The van der Waals surface area contributed by atoms with Gasteiger partial charge in [-0.3, -0.25) is 0 Å². The van der Waals surface area contributed by atoms with Crippen molar-refractivity contribution in [3.8, 4) is 0 Å². The van der Waals surface area contributed by atoms with E-state index in [0.29, 0.717) is 5.41 Å². The molecule has 0 aliphatic carbocycles. The lowest BCUT2D eigenvalue weighted by molar-refractivity contribution is 0.301. The second kappa shape index (κ2) is 5.91. The fraction of sp³-hybridized carbons (Fsp3) is 0.625. The smallest absolute Gasteiger partial charge is 0.146 e. The van der Waals surface area contributed by atoms with Gasteiger partial charge < -0.3 is 10.2 Å². The van der Waals surface area contributed by atoms with Crippen molar-refractivity contribution >= 4 is 5.69 Å². The van der Waals surface area contributed by atoms with Gasteiger partial charge in [0.05, 0.1) is 5.69 Å². The van der Waals surface area contributed by atoms with E-state index in [2.05, 4.69) is 24.1 Å². The highest BCUT2D eigenvalue weighted by Crippen LogP contribution is 2.40. The van der Waals surface area contributed by atoms with Crippen LogP contribution in [-0.2, 0) is 6.54 Å². The Bertz CT molecular complexity index is 427. The molecule has 2 rings (SSSR count). The van der Waals surface area contributed by atoms with E-state index >= 15 is 0 Å². The number of nitrogens with one attached hydrogen (secondary N) is 1. The van der Waals surface area contributed by atoms with E-state index < -0.39 is 0 Å². The lowest BCUT2D eigenvalue weighted by Crippen LogP contribution is -2.28. The van der Waals surface area contributed by atoms with Gasteiger partial charge in [0.25, 0.3) is 0 Å². The predicted octanol–water partition coefficient (Wildman–Crippen LogP) is 3.56. The summed E-state index contributed by atoms with van der Waals surface area (Å²) in [5.74, 6) is -0.0873. The summed E-state index contributed by atoms with van der Waals surface area (Å²) in [4.78, 5) is 2.25. The molecule has 1 aliphatic rings. The maximum atomic E-state index is 14.2. The van der Waals surface area contributed by atoms with E-state index in [1.807, 2.05) is 13.1 Å². The third kappa shape index (κ3) is 2.76. The molecular formula is C16H25FN2. The van der Waals surface area contributed by atoms with E-state index in [9.17, 15) is 4.39 Å². The Kier molecular flexibility index (Phi) is 4.46. The molecule has 0 aromatic heterocycles. The lowest BCUT2D eigenvalue weighted by atomic mass is 9.82. The second-order valence-electron chi connectivity index (χ2n) is 5.66. The van der Waals surface area contributed by atoms with E-state index in [1.165, 1.54) is 19.3 Å². The molecule has 1 heterocycles. The number of nitrogens with zero attached hydrogens (tertiary/aromatic N) is 1. The highest BCUT2D eigenvalue weighted by Gasteiger charge is 2.36. The molecule has 0 bridgehead atoms. The Morgan fingerprint density at radius 3 is 2.63 bits per heavy atom. The number of hydrogen-bond acceptors (Lipinski definition) is 2. The summed E-state index contributed by atoms with van der Waals surface area (Å²) >= 11 is 0. The molecule has 0 radical (unpaired) electrons. The van der Waals surface area contributed by atoms with Crippen molar-refractivity contribution in [1.29, 1.82) is 0 Å². The molecular weight excluding hydrogens is 239 g/mol. The van der Waals surface area contributed by atoms with Crippen LogP contribution in [0.25, 0.3) is 0 Å². The number of rotatable bonds is 5. The fourth-order valence-electron chi connectivity index (χ4n) is 3.20. The van der Waals surface area contributed by atoms with Crippen LogP contribution in [0.5, 0.6) is 0 Å². The van der Waals surface area contributed by atoms with Gasteiger partial charge in [0.1, 0.15) is 5.82 Å². The average molecular weight is 264 g/mol. The number of halogens is 1. The van der Waals surface area contributed by atoms with Gasteiger partial charge in [-0.2, -0.15) is 0 Å². The molecule has 106 valence electrons. The first-order valence-electron chi connectivity index (χ1n) is 7.32. The number of hydrogen-bond donors (Lipinski definition) is 1. The highest BCUT2D eigenvalue weighted by atomic mass is 19.1. The largest absolute Gasteiger partial charge is 0.368 e. The first-order valence-corrected chi connectivity index (χ1v) is 7.32. The summed E-state index contributed by atoms with van der Waals surface area (Å²) in [6.07, 6.45) is 3.53. The van der Waals surface area contributed by atoms with Crippen molar-refractivity contribution in [2.75, 3.05) is 25.0 Å².